The van der Waals surface area contributed by atoms with Gasteiger partial charge in [-0.05, 0) is 23.8 Å². The fourth-order valence-electron chi connectivity index (χ4n) is 1.32. The van der Waals surface area contributed by atoms with Gasteiger partial charge in [-0.25, -0.2) is 0 Å². The van der Waals surface area contributed by atoms with E-state index in [4.69, 9.17) is 4.42 Å². The van der Waals surface area contributed by atoms with Crippen LogP contribution in [0.4, 0.5) is 0 Å². The molecule has 0 radical (unpaired) electrons. The molecule has 4 heteroatoms. The molecule has 0 atom stereocenters. The summed E-state index contributed by atoms with van der Waals surface area (Å²) in [6, 6.07) is 9.44. The summed E-state index contributed by atoms with van der Waals surface area (Å²) in [7, 11) is 0. The molecule has 1 heterocycles. The summed E-state index contributed by atoms with van der Waals surface area (Å²) in [5, 5.41) is 2.81. The lowest BCUT2D eigenvalue weighted by Gasteiger charge is -2.03. The summed E-state index contributed by atoms with van der Waals surface area (Å²) in [6.07, 6.45) is 2.91. The maximum Gasteiger partial charge on any atom is 0.254 e. The van der Waals surface area contributed by atoms with Crippen LogP contribution in [-0.2, 0) is 6.54 Å². The maximum absolute atomic E-state index is 11.6. The third kappa shape index (κ3) is 2.73. The quantitative estimate of drug-likeness (QED) is 0.939. The number of halogens is 1. The molecular weight excluding hydrogens is 270 g/mol. The van der Waals surface area contributed by atoms with E-state index in [0.717, 1.165) is 10.0 Å². The third-order valence-corrected chi connectivity index (χ3v) is 2.62. The second-order valence-electron chi connectivity index (χ2n) is 3.32. The average molecular weight is 280 g/mol. The molecule has 0 fully saturated rings. The highest BCUT2D eigenvalue weighted by Gasteiger charge is 2.05. The zero-order chi connectivity index (χ0) is 11.4. The number of hydrogen-bond acceptors (Lipinski definition) is 2. The van der Waals surface area contributed by atoms with Crippen LogP contribution >= 0.6 is 15.9 Å². The molecule has 1 N–H and O–H groups in total. The zero-order valence-corrected chi connectivity index (χ0v) is 10.0. The van der Waals surface area contributed by atoms with E-state index in [9.17, 15) is 4.79 Å². The molecule has 1 amide bonds. The van der Waals surface area contributed by atoms with Crippen molar-refractivity contribution in [3.05, 3.63) is 58.5 Å². The fraction of sp³-hybridized carbons (Fsp3) is 0.0833. The van der Waals surface area contributed by atoms with E-state index in [1.165, 1.54) is 12.5 Å². The molecule has 0 spiro atoms. The van der Waals surface area contributed by atoms with E-state index in [1.54, 1.807) is 6.07 Å². The highest BCUT2D eigenvalue weighted by Crippen LogP contribution is 2.11. The highest BCUT2D eigenvalue weighted by molar-refractivity contribution is 9.10. The normalized spacial score (nSPS) is 10.1. The zero-order valence-electron chi connectivity index (χ0n) is 8.44. The molecule has 0 saturated carbocycles. The summed E-state index contributed by atoms with van der Waals surface area (Å²) in [5.41, 5.74) is 1.58. The van der Waals surface area contributed by atoms with E-state index in [1.807, 2.05) is 24.3 Å². The molecule has 82 valence electrons. The number of benzene rings is 1. The molecule has 0 saturated heterocycles. The smallest absolute Gasteiger partial charge is 0.254 e. The Morgan fingerprint density at radius 1 is 1.38 bits per heavy atom. The van der Waals surface area contributed by atoms with Crippen molar-refractivity contribution >= 4 is 21.8 Å². The van der Waals surface area contributed by atoms with Crippen LogP contribution in [0.3, 0.4) is 0 Å². The summed E-state index contributed by atoms with van der Waals surface area (Å²) in [4.78, 5) is 11.6. The number of carbonyl (C=O) groups excluding carboxylic acids is 1. The molecule has 1 aromatic heterocycles. The van der Waals surface area contributed by atoms with Crippen molar-refractivity contribution in [1.29, 1.82) is 0 Å². The SMILES string of the molecule is O=C(NCc1cccc(Br)c1)c1ccoc1. The van der Waals surface area contributed by atoms with Gasteiger partial charge in [0.25, 0.3) is 5.91 Å². The van der Waals surface area contributed by atoms with E-state index in [-0.39, 0.29) is 5.91 Å². The maximum atomic E-state index is 11.6. The Labute approximate surface area is 102 Å². The number of carbonyl (C=O) groups is 1. The van der Waals surface area contributed by atoms with Crippen LogP contribution in [0.5, 0.6) is 0 Å². The number of amides is 1. The summed E-state index contributed by atoms with van der Waals surface area (Å²) >= 11 is 3.38. The largest absolute Gasteiger partial charge is 0.472 e. The molecule has 0 aliphatic heterocycles. The minimum Gasteiger partial charge on any atom is -0.472 e. The van der Waals surface area contributed by atoms with Crippen LogP contribution in [0.1, 0.15) is 15.9 Å². The molecule has 0 bridgehead atoms. The Hall–Kier alpha value is -1.55. The number of rotatable bonds is 3. The first kappa shape index (κ1) is 11.0. The van der Waals surface area contributed by atoms with Crippen molar-refractivity contribution in [2.75, 3.05) is 0 Å². The molecule has 0 aliphatic rings. The van der Waals surface area contributed by atoms with Gasteiger partial charge in [-0.15, -0.1) is 0 Å². The van der Waals surface area contributed by atoms with Gasteiger partial charge >= 0.3 is 0 Å². The molecular formula is C12H10BrNO2. The first-order valence-corrected chi connectivity index (χ1v) is 5.60. The van der Waals surface area contributed by atoms with Crippen molar-refractivity contribution in [2.45, 2.75) is 6.54 Å². The van der Waals surface area contributed by atoms with Crippen LogP contribution in [-0.4, -0.2) is 5.91 Å². The Bertz CT molecular complexity index is 480. The standard InChI is InChI=1S/C12H10BrNO2/c13-11-3-1-2-9(6-11)7-14-12(15)10-4-5-16-8-10/h1-6,8H,7H2,(H,14,15). The minimum atomic E-state index is -0.131. The first-order chi connectivity index (χ1) is 7.75. The molecule has 0 aliphatic carbocycles. The van der Waals surface area contributed by atoms with E-state index < -0.39 is 0 Å². The monoisotopic (exact) mass is 279 g/mol. The molecule has 1 aromatic carbocycles. The molecule has 2 rings (SSSR count). The predicted octanol–water partition coefficient (Wildman–Crippen LogP) is 2.97. The second kappa shape index (κ2) is 4.99. The van der Waals surface area contributed by atoms with Crippen LogP contribution < -0.4 is 5.32 Å². The summed E-state index contributed by atoms with van der Waals surface area (Å²) in [5.74, 6) is -0.131. The Balaban J connectivity index is 1.95. The van der Waals surface area contributed by atoms with Gasteiger partial charge in [0.1, 0.15) is 6.26 Å². The summed E-state index contributed by atoms with van der Waals surface area (Å²) in [6.45, 7) is 0.503. The van der Waals surface area contributed by atoms with Gasteiger partial charge in [0.15, 0.2) is 0 Å². The number of furan rings is 1. The summed E-state index contributed by atoms with van der Waals surface area (Å²) < 4.78 is 5.84. The lowest BCUT2D eigenvalue weighted by Crippen LogP contribution is -2.22. The van der Waals surface area contributed by atoms with Gasteiger partial charge in [0.2, 0.25) is 0 Å². The lowest BCUT2D eigenvalue weighted by molar-refractivity contribution is 0.0950. The second-order valence-corrected chi connectivity index (χ2v) is 4.24. The minimum absolute atomic E-state index is 0.131. The van der Waals surface area contributed by atoms with Crippen molar-refractivity contribution < 1.29 is 9.21 Å². The lowest BCUT2D eigenvalue weighted by atomic mass is 10.2. The van der Waals surface area contributed by atoms with Crippen molar-refractivity contribution in [3.63, 3.8) is 0 Å². The fourth-order valence-corrected chi connectivity index (χ4v) is 1.77. The number of nitrogens with one attached hydrogen (secondary N) is 1. The van der Waals surface area contributed by atoms with Crippen LogP contribution in [0.2, 0.25) is 0 Å². The van der Waals surface area contributed by atoms with Gasteiger partial charge in [-0.1, -0.05) is 28.1 Å². The topological polar surface area (TPSA) is 42.2 Å². The van der Waals surface area contributed by atoms with Crippen molar-refractivity contribution in [2.24, 2.45) is 0 Å². The Morgan fingerprint density at radius 2 is 2.25 bits per heavy atom. The third-order valence-electron chi connectivity index (χ3n) is 2.13. The molecule has 0 unspecified atom stereocenters. The van der Waals surface area contributed by atoms with Crippen molar-refractivity contribution in [3.8, 4) is 0 Å². The highest BCUT2D eigenvalue weighted by atomic mass is 79.9. The van der Waals surface area contributed by atoms with E-state index in [2.05, 4.69) is 21.2 Å². The van der Waals surface area contributed by atoms with Gasteiger partial charge in [-0.2, -0.15) is 0 Å². The van der Waals surface area contributed by atoms with E-state index >= 15 is 0 Å². The Morgan fingerprint density at radius 3 is 2.94 bits per heavy atom. The van der Waals surface area contributed by atoms with Crippen LogP contribution in [0, 0.1) is 0 Å². The molecule has 2 aromatic rings. The van der Waals surface area contributed by atoms with Gasteiger partial charge in [0.05, 0.1) is 11.8 Å². The van der Waals surface area contributed by atoms with Crippen LogP contribution in [0.25, 0.3) is 0 Å². The molecule has 3 nitrogen and oxygen atoms in total. The van der Waals surface area contributed by atoms with Crippen LogP contribution in [0.15, 0.2) is 51.7 Å². The molecule has 16 heavy (non-hydrogen) atoms. The van der Waals surface area contributed by atoms with Gasteiger partial charge in [-0.3, -0.25) is 4.79 Å². The number of hydrogen-bond donors (Lipinski definition) is 1. The van der Waals surface area contributed by atoms with Gasteiger partial charge < -0.3 is 9.73 Å². The average Bonchev–Trinajstić information content (AvgIpc) is 2.79. The van der Waals surface area contributed by atoms with Gasteiger partial charge in [0, 0.05) is 11.0 Å². The first-order valence-electron chi connectivity index (χ1n) is 4.80. The van der Waals surface area contributed by atoms with Crippen molar-refractivity contribution in [1.82, 2.24) is 5.32 Å². The Kier molecular flexibility index (Phi) is 3.41. The van der Waals surface area contributed by atoms with E-state index in [0.29, 0.717) is 12.1 Å². The predicted molar refractivity (Wildman–Crippen MR) is 64.0 cm³/mol.